The molecule has 0 aliphatic heterocycles. The van der Waals surface area contributed by atoms with E-state index in [1.165, 1.54) is 11.3 Å². The predicted molar refractivity (Wildman–Crippen MR) is 83.4 cm³/mol. The molecule has 7 heteroatoms. The molecule has 0 saturated heterocycles. The quantitative estimate of drug-likeness (QED) is 0.652. The number of imidazole rings is 1. The third-order valence-corrected chi connectivity index (χ3v) is 4.14. The summed E-state index contributed by atoms with van der Waals surface area (Å²) in [5.74, 6) is 0.695. The summed E-state index contributed by atoms with van der Waals surface area (Å²) in [6, 6.07) is 1.88. The van der Waals surface area contributed by atoms with Crippen molar-refractivity contribution in [3.05, 3.63) is 46.3 Å². The summed E-state index contributed by atoms with van der Waals surface area (Å²) >= 11 is 1.42. The maximum atomic E-state index is 11.8. The average molecular weight is 303 g/mol. The second kappa shape index (κ2) is 6.64. The lowest BCUT2D eigenvalue weighted by Gasteiger charge is -2.05. The van der Waals surface area contributed by atoms with E-state index in [1.54, 1.807) is 6.20 Å². The van der Waals surface area contributed by atoms with Crippen LogP contribution >= 0.6 is 11.3 Å². The summed E-state index contributed by atoms with van der Waals surface area (Å²) in [4.78, 5) is 23.1. The van der Waals surface area contributed by atoms with Gasteiger partial charge in [0.2, 0.25) is 0 Å². The van der Waals surface area contributed by atoms with Gasteiger partial charge in [-0.3, -0.25) is 4.79 Å². The Labute approximate surface area is 125 Å². The number of fused-ring (bicyclic) bond motifs is 1. The van der Waals surface area contributed by atoms with Crippen LogP contribution in [0.4, 0.5) is 0 Å². The number of hydrogen-bond donors (Lipinski definition) is 2. The first-order valence-electron chi connectivity index (χ1n) is 6.96. The van der Waals surface area contributed by atoms with Gasteiger partial charge in [0.1, 0.15) is 10.5 Å². The number of aryl methyl sites for hydroxylation is 1. The van der Waals surface area contributed by atoms with Crippen molar-refractivity contribution in [3.8, 4) is 0 Å². The van der Waals surface area contributed by atoms with Crippen molar-refractivity contribution < 1.29 is 0 Å². The largest absolute Gasteiger partial charge is 0.337 e. The highest BCUT2D eigenvalue weighted by Gasteiger charge is 2.04. The summed E-state index contributed by atoms with van der Waals surface area (Å²) in [5.41, 5.74) is 0.729. The van der Waals surface area contributed by atoms with E-state index < -0.39 is 0 Å². The smallest absolute Gasteiger partial charge is 0.268 e. The Kier molecular flexibility index (Phi) is 4.42. The Hall–Kier alpha value is -1.99. The van der Waals surface area contributed by atoms with E-state index in [0.29, 0.717) is 17.1 Å². The molecule has 0 fully saturated rings. The maximum Gasteiger partial charge on any atom is 0.268 e. The van der Waals surface area contributed by atoms with Gasteiger partial charge in [0.05, 0.1) is 18.4 Å². The number of unbranched alkanes of at least 4 members (excludes halogenated alkanes) is 1. The number of aromatic amines is 1. The summed E-state index contributed by atoms with van der Waals surface area (Å²) in [7, 11) is 0. The molecule has 0 atom stereocenters. The molecule has 0 amide bonds. The summed E-state index contributed by atoms with van der Waals surface area (Å²) in [6.07, 6.45) is 7.76. The van der Waals surface area contributed by atoms with E-state index in [9.17, 15) is 4.79 Å². The van der Waals surface area contributed by atoms with Crippen molar-refractivity contribution in [3.63, 3.8) is 0 Å². The number of H-pyrrole nitrogens is 1. The van der Waals surface area contributed by atoms with Crippen molar-refractivity contribution in [1.82, 2.24) is 24.8 Å². The van der Waals surface area contributed by atoms with E-state index in [1.807, 2.05) is 24.0 Å². The Morgan fingerprint density at radius 3 is 3.19 bits per heavy atom. The van der Waals surface area contributed by atoms with Crippen molar-refractivity contribution >= 4 is 21.6 Å². The van der Waals surface area contributed by atoms with E-state index >= 15 is 0 Å². The molecular weight excluding hydrogens is 286 g/mol. The van der Waals surface area contributed by atoms with Gasteiger partial charge >= 0.3 is 0 Å². The predicted octanol–water partition coefficient (Wildman–Crippen LogP) is 1.75. The molecule has 3 aromatic rings. The van der Waals surface area contributed by atoms with Crippen molar-refractivity contribution in [2.24, 2.45) is 0 Å². The highest BCUT2D eigenvalue weighted by atomic mass is 32.1. The van der Waals surface area contributed by atoms with Gasteiger partial charge in [0, 0.05) is 18.9 Å². The third-order valence-electron chi connectivity index (χ3n) is 3.24. The SMILES string of the molecule is O=c1[nH]c(CNCCCCn2ccnc2)nc2ccsc12. The van der Waals surface area contributed by atoms with Crippen molar-refractivity contribution in [1.29, 1.82) is 0 Å². The van der Waals surface area contributed by atoms with Crippen LogP contribution in [0.2, 0.25) is 0 Å². The molecule has 0 saturated carbocycles. The lowest BCUT2D eigenvalue weighted by atomic mass is 10.3. The molecule has 2 N–H and O–H groups in total. The van der Waals surface area contributed by atoms with E-state index in [2.05, 4.69) is 24.8 Å². The van der Waals surface area contributed by atoms with E-state index in [0.717, 1.165) is 31.4 Å². The average Bonchev–Trinajstić information content (AvgIpc) is 3.13. The minimum absolute atomic E-state index is 0.0492. The summed E-state index contributed by atoms with van der Waals surface area (Å²) in [6.45, 7) is 2.48. The minimum Gasteiger partial charge on any atom is -0.337 e. The topological polar surface area (TPSA) is 75.6 Å². The van der Waals surface area contributed by atoms with Crippen LogP contribution in [-0.2, 0) is 13.1 Å². The van der Waals surface area contributed by atoms with Crippen LogP contribution in [0.1, 0.15) is 18.7 Å². The van der Waals surface area contributed by atoms with Gasteiger partial charge in [-0.25, -0.2) is 9.97 Å². The van der Waals surface area contributed by atoms with Gasteiger partial charge in [-0.15, -0.1) is 11.3 Å². The number of thiophene rings is 1. The molecular formula is C14H17N5OS. The molecule has 3 rings (SSSR count). The minimum atomic E-state index is -0.0492. The standard InChI is InChI=1S/C14H17N5OS/c20-14-13-11(3-8-21-13)17-12(18-14)9-15-4-1-2-6-19-7-5-16-10-19/h3,5,7-8,10,15H,1-2,4,6,9H2,(H,17,18,20). The fourth-order valence-corrected chi connectivity index (χ4v) is 2.90. The molecule has 21 heavy (non-hydrogen) atoms. The van der Waals surface area contributed by atoms with Gasteiger partial charge in [-0.05, 0) is 30.8 Å². The van der Waals surface area contributed by atoms with Crippen LogP contribution < -0.4 is 10.9 Å². The molecule has 0 aromatic carbocycles. The number of nitrogens with one attached hydrogen (secondary N) is 2. The zero-order chi connectivity index (χ0) is 14.5. The van der Waals surface area contributed by atoms with Crippen LogP contribution in [0.3, 0.4) is 0 Å². The van der Waals surface area contributed by atoms with Gasteiger partial charge in [0.25, 0.3) is 5.56 Å². The fraction of sp³-hybridized carbons (Fsp3) is 0.357. The molecule has 3 aromatic heterocycles. The number of hydrogen-bond acceptors (Lipinski definition) is 5. The van der Waals surface area contributed by atoms with Crippen molar-refractivity contribution in [2.75, 3.05) is 6.54 Å². The molecule has 0 unspecified atom stereocenters. The normalized spacial score (nSPS) is 11.2. The second-order valence-electron chi connectivity index (χ2n) is 4.83. The highest BCUT2D eigenvalue weighted by Crippen LogP contribution is 2.13. The highest BCUT2D eigenvalue weighted by molar-refractivity contribution is 7.17. The van der Waals surface area contributed by atoms with E-state index in [4.69, 9.17) is 0 Å². The Balaban J connectivity index is 1.43. The van der Waals surface area contributed by atoms with Crippen LogP contribution in [0.25, 0.3) is 10.2 Å². The second-order valence-corrected chi connectivity index (χ2v) is 5.75. The third kappa shape index (κ3) is 3.56. The Morgan fingerprint density at radius 2 is 2.33 bits per heavy atom. The number of rotatable bonds is 7. The van der Waals surface area contributed by atoms with Crippen molar-refractivity contribution in [2.45, 2.75) is 25.9 Å². The van der Waals surface area contributed by atoms with Crippen LogP contribution in [0, 0.1) is 0 Å². The van der Waals surface area contributed by atoms with E-state index in [-0.39, 0.29) is 5.56 Å². The monoisotopic (exact) mass is 303 g/mol. The first-order valence-corrected chi connectivity index (χ1v) is 7.84. The number of aromatic nitrogens is 4. The Morgan fingerprint density at radius 1 is 1.38 bits per heavy atom. The zero-order valence-corrected chi connectivity index (χ0v) is 12.4. The molecule has 0 aliphatic carbocycles. The van der Waals surface area contributed by atoms with Gasteiger partial charge in [-0.2, -0.15) is 0 Å². The van der Waals surface area contributed by atoms with Gasteiger partial charge in [0.15, 0.2) is 0 Å². The summed E-state index contributed by atoms with van der Waals surface area (Å²) < 4.78 is 2.77. The molecule has 0 bridgehead atoms. The Bertz CT molecular complexity index is 746. The van der Waals surface area contributed by atoms with Gasteiger partial charge in [-0.1, -0.05) is 0 Å². The molecule has 6 nitrogen and oxygen atoms in total. The molecule has 110 valence electrons. The molecule has 0 radical (unpaired) electrons. The van der Waals surface area contributed by atoms with Crippen LogP contribution in [0.15, 0.2) is 35.0 Å². The fourth-order valence-electron chi connectivity index (χ4n) is 2.18. The zero-order valence-electron chi connectivity index (χ0n) is 11.6. The lowest BCUT2D eigenvalue weighted by Crippen LogP contribution is -2.20. The van der Waals surface area contributed by atoms with Crippen LogP contribution in [-0.4, -0.2) is 26.1 Å². The van der Waals surface area contributed by atoms with Gasteiger partial charge < -0.3 is 14.9 Å². The molecule has 0 spiro atoms. The molecule has 0 aliphatic rings. The molecule has 3 heterocycles. The lowest BCUT2D eigenvalue weighted by molar-refractivity contribution is 0.562. The first-order chi connectivity index (χ1) is 10.3. The van der Waals surface area contributed by atoms with Crippen LogP contribution in [0.5, 0.6) is 0 Å². The maximum absolute atomic E-state index is 11.8. The first kappa shape index (κ1) is 14.0. The number of nitrogens with zero attached hydrogens (tertiary/aromatic N) is 3. The summed E-state index contributed by atoms with van der Waals surface area (Å²) in [5, 5.41) is 5.20.